The van der Waals surface area contributed by atoms with Crippen molar-refractivity contribution in [3.63, 3.8) is 0 Å². The summed E-state index contributed by atoms with van der Waals surface area (Å²) in [5.41, 5.74) is 2.85. The lowest BCUT2D eigenvalue weighted by Crippen LogP contribution is -2.34. The summed E-state index contributed by atoms with van der Waals surface area (Å²) in [7, 11) is 1.65. The van der Waals surface area contributed by atoms with E-state index in [1.807, 2.05) is 12.1 Å². The van der Waals surface area contributed by atoms with Gasteiger partial charge in [-0.2, -0.15) is 0 Å². The van der Waals surface area contributed by atoms with Crippen LogP contribution in [0.4, 0.5) is 14.5 Å². The molecule has 3 nitrogen and oxygen atoms in total. The normalized spacial score (nSPS) is 16.2. The molecule has 126 valence electrons. The van der Waals surface area contributed by atoms with Gasteiger partial charge in [0.2, 0.25) is 0 Å². The average molecular weight is 348 g/mol. The summed E-state index contributed by atoms with van der Waals surface area (Å²) in [5.74, 6) is -0.940. The van der Waals surface area contributed by atoms with Gasteiger partial charge < -0.3 is 15.4 Å². The summed E-state index contributed by atoms with van der Waals surface area (Å²) in [5, 5.41) is 6.54. The van der Waals surface area contributed by atoms with E-state index in [0.717, 1.165) is 37.1 Å². The Bertz CT molecular complexity index is 767. The summed E-state index contributed by atoms with van der Waals surface area (Å²) in [4.78, 5) is 0. The zero-order chi connectivity index (χ0) is 17.1. The highest BCUT2D eigenvalue weighted by Crippen LogP contribution is 2.32. The molecule has 3 rings (SSSR count). The van der Waals surface area contributed by atoms with E-state index in [1.54, 1.807) is 7.11 Å². The van der Waals surface area contributed by atoms with Crippen LogP contribution in [0.25, 0.3) is 0 Å². The first-order chi connectivity index (χ1) is 11.6. The Kier molecular flexibility index (Phi) is 4.94. The van der Waals surface area contributed by atoms with Gasteiger partial charge in [0.15, 0.2) is 16.7 Å². The topological polar surface area (TPSA) is 33.3 Å². The molecule has 1 aliphatic rings. The van der Waals surface area contributed by atoms with Crippen molar-refractivity contribution in [2.75, 3.05) is 12.4 Å². The van der Waals surface area contributed by atoms with Crippen molar-refractivity contribution in [2.24, 2.45) is 0 Å². The van der Waals surface area contributed by atoms with Gasteiger partial charge in [-0.25, -0.2) is 8.78 Å². The Morgan fingerprint density at radius 3 is 2.75 bits per heavy atom. The average Bonchev–Trinajstić information content (AvgIpc) is 2.58. The number of nitrogens with one attached hydrogen (secondary N) is 2. The Balaban J connectivity index is 1.70. The number of halogens is 2. The van der Waals surface area contributed by atoms with Crippen molar-refractivity contribution in [3.05, 3.63) is 59.2 Å². The molecular weight excluding hydrogens is 330 g/mol. The van der Waals surface area contributed by atoms with Crippen LogP contribution in [0.2, 0.25) is 0 Å². The van der Waals surface area contributed by atoms with E-state index in [1.165, 1.54) is 17.2 Å². The molecule has 0 aromatic heterocycles. The summed E-state index contributed by atoms with van der Waals surface area (Å²) in [6.07, 6.45) is 3.01. The van der Waals surface area contributed by atoms with Crippen LogP contribution in [-0.2, 0) is 6.42 Å². The van der Waals surface area contributed by atoms with Crippen LogP contribution < -0.4 is 15.4 Å². The van der Waals surface area contributed by atoms with Crippen LogP contribution in [0.3, 0.4) is 0 Å². The predicted molar refractivity (Wildman–Crippen MR) is 94.4 cm³/mol. The van der Waals surface area contributed by atoms with Gasteiger partial charge in [0, 0.05) is 11.8 Å². The number of ether oxygens (including phenoxy) is 1. The third-order valence-electron chi connectivity index (χ3n) is 4.15. The second kappa shape index (κ2) is 7.13. The highest BCUT2D eigenvalue weighted by atomic mass is 32.1. The number of rotatable bonds is 3. The molecule has 24 heavy (non-hydrogen) atoms. The minimum Gasteiger partial charge on any atom is -0.497 e. The zero-order valence-electron chi connectivity index (χ0n) is 13.2. The van der Waals surface area contributed by atoms with Gasteiger partial charge in [-0.15, -0.1) is 0 Å². The lowest BCUT2D eigenvalue weighted by molar-refractivity contribution is 0.412. The molecule has 2 aromatic carbocycles. The monoisotopic (exact) mass is 348 g/mol. The first kappa shape index (κ1) is 16.6. The van der Waals surface area contributed by atoms with Crippen LogP contribution in [-0.4, -0.2) is 12.2 Å². The fourth-order valence-corrected chi connectivity index (χ4v) is 3.23. The maximum Gasteiger partial charge on any atom is 0.171 e. The van der Waals surface area contributed by atoms with Gasteiger partial charge in [-0.3, -0.25) is 0 Å². The molecular formula is C18H18F2N2OS. The molecule has 0 amide bonds. The summed E-state index contributed by atoms with van der Waals surface area (Å²) in [6, 6.07) is 9.73. The van der Waals surface area contributed by atoms with E-state index in [9.17, 15) is 8.78 Å². The van der Waals surface area contributed by atoms with Crippen molar-refractivity contribution >= 4 is 23.0 Å². The van der Waals surface area contributed by atoms with Crippen molar-refractivity contribution in [3.8, 4) is 5.75 Å². The van der Waals surface area contributed by atoms with Crippen LogP contribution in [0.5, 0.6) is 5.75 Å². The van der Waals surface area contributed by atoms with Gasteiger partial charge in [0.25, 0.3) is 0 Å². The molecule has 0 unspecified atom stereocenters. The second-order valence-electron chi connectivity index (χ2n) is 5.74. The molecule has 0 saturated heterocycles. The van der Waals surface area contributed by atoms with Gasteiger partial charge in [-0.1, -0.05) is 6.07 Å². The standard InChI is InChI=1S/C18H18F2N2OS/c1-23-13-6-7-14-11(9-13)3-2-4-17(14)22-18(24)21-12-5-8-15(19)16(20)10-12/h5-10,17H,2-4H2,1H3,(H2,21,22,24)/t17-/m1/s1. The molecule has 1 atom stereocenters. The first-order valence-corrected chi connectivity index (χ1v) is 8.17. The number of hydrogen-bond acceptors (Lipinski definition) is 2. The van der Waals surface area contributed by atoms with E-state index >= 15 is 0 Å². The zero-order valence-corrected chi connectivity index (χ0v) is 14.1. The van der Waals surface area contributed by atoms with Gasteiger partial charge in [-0.05, 0) is 66.9 Å². The van der Waals surface area contributed by atoms with Crippen molar-refractivity contribution in [1.29, 1.82) is 0 Å². The number of thiocarbonyl (C=S) groups is 1. The number of anilines is 1. The highest BCUT2D eigenvalue weighted by Gasteiger charge is 2.21. The quantitative estimate of drug-likeness (QED) is 0.809. The van der Waals surface area contributed by atoms with E-state index in [0.29, 0.717) is 10.8 Å². The van der Waals surface area contributed by atoms with Crippen LogP contribution in [0.15, 0.2) is 36.4 Å². The summed E-state index contributed by atoms with van der Waals surface area (Å²) < 4.78 is 31.5. The van der Waals surface area contributed by atoms with Gasteiger partial charge >= 0.3 is 0 Å². The van der Waals surface area contributed by atoms with Crippen molar-refractivity contribution in [1.82, 2.24) is 5.32 Å². The largest absolute Gasteiger partial charge is 0.497 e. The SMILES string of the molecule is COc1ccc2c(c1)CCC[C@H]2NC(=S)Nc1ccc(F)c(F)c1. The highest BCUT2D eigenvalue weighted by molar-refractivity contribution is 7.80. The fourth-order valence-electron chi connectivity index (χ4n) is 2.97. The molecule has 2 N–H and O–H groups in total. The molecule has 0 fully saturated rings. The molecule has 0 heterocycles. The Morgan fingerprint density at radius 2 is 2.00 bits per heavy atom. The van der Waals surface area contributed by atoms with Crippen LogP contribution >= 0.6 is 12.2 Å². The summed E-state index contributed by atoms with van der Waals surface area (Å²) >= 11 is 5.31. The Morgan fingerprint density at radius 1 is 1.17 bits per heavy atom. The van der Waals surface area contributed by atoms with Crippen molar-refractivity contribution < 1.29 is 13.5 Å². The third-order valence-corrected chi connectivity index (χ3v) is 4.37. The minimum absolute atomic E-state index is 0.0879. The van der Waals surface area contributed by atoms with E-state index in [-0.39, 0.29) is 6.04 Å². The van der Waals surface area contributed by atoms with Crippen LogP contribution in [0.1, 0.15) is 30.0 Å². The number of hydrogen-bond donors (Lipinski definition) is 2. The van der Waals surface area contributed by atoms with E-state index < -0.39 is 11.6 Å². The number of aryl methyl sites for hydroxylation is 1. The number of benzene rings is 2. The minimum atomic E-state index is -0.905. The second-order valence-corrected chi connectivity index (χ2v) is 6.15. The molecule has 0 spiro atoms. The Hall–Kier alpha value is -2.21. The Labute approximate surface area is 145 Å². The van der Waals surface area contributed by atoms with E-state index in [2.05, 4.69) is 16.7 Å². The fraction of sp³-hybridized carbons (Fsp3) is 0.278. The predicted octanol–water partition coefficient (Wildman–Crippen LogP) is 4.34. The van der Waals surface area contributed by atoms with Crippen LogP contribution in [0, 0.1) is 11.6 Å². The molecule has 2 aromatic rings. The number of methoxy groups -OCH3 is 1. The number of fused-ring (bicyclic) bond motifs is 1. The first-order valence-electron chi connectivity index (χ1n) is 7.76. The van der Waals surface area contributed by atoms with E-state index in [4.69, 9.17) is 17.0 Å². The smallest absolute Gasteiger partial charge is 0.171 e. The van der Waals surface area contributed by atoms with Crippen molar-refractivity contribution in [2.45, 2.75) is 25.3 Å². The molecule has 1 aliphatic carbocycles. The maximum atomic E-state index is 13.3. The van der Waals surface area contributed by atoms with Gasteiger partial charge in [0.1, 0.15) is 5.75 Å². The summed E-state index contributed by atoms with van der Waals surface area (Å²) in [6.45, 7) is 0. The lowest BCUT2D eigenvalue weighted by atomic mass is 9.87. The molecule has 0 aliphatic heterocycles. The molecule has 0 bridgehead atoms. The van der Waals surface area contributed by atoms with Gasteiger partial charge in [0.05, 0.1) is 13.2 Å². The maximum absolute atomic E-state index is 13.3. The lowest BCUT2D eigenvalue weighted by Gasteiger charge is -2.28. The molecule has 0 saturated carbocycles. The molecule has 6 heteroatoms. The third kappa shape index (κ3) is 3.64. The molecule has 0 radical (unpaired) electrons.